The van der Waals surface area contributed by atoms with Gasteiger partial charge in [-0.2, -0.15) is 0 Å². The number of hydrogen-bond acceptors (Lipinski definition) is 2. The Morgan fingerprint density at radius 3 is 2.06 bits per heavy atom. The van der Waals surface area contributed by atoms with Crippen molar-refractivity contribution < 1.29 is 9.84 Å². The van der Waals surface area contributed by atoms with Crippen molar-refractivity contribution in [2.45, 2.75) is 46.8 Å². The molecule has 2 nitrogen and oxygen atoms in total. The van der Waals surface area contributed by atoms with E-state index < -0.39 is 6.10 Å². The Morgan fingerprint density at radius 2 is 1.65 bits per heavy atom. The number of ether oxygens (including phenoxy) is 1. The molecule has 0 heterocycles. The van der Waals surface area contributed by atoms with Gasteiger partial charge in [-0.05, 0) is 32.3 Å². The highest BCUT2D eigenvalue weighted by Crippen LogP contribution is 2.26. The standard InChI is InChI=1S/C15H24O2/c1-6-17-15(10(2)3)14(16)13-8-11(4)7-12(5)9-13/h7-10,14-16H,6H2,1-5H3. The molecule has 1 N–H and O–H groups in total. The summed E-state index contributed by atoms with van der Waals surface area (Å²) in [6.45, 7) is 10.8. The molecule has 1 aromatic rings. The molecule has 1 aromatic carbocycles. The molecule has 0 radical (unpaired) electrons. The van der Waals surface area contributed by atoms with Crippen molar-refractivity contribution in [2.75, 3.05) is 6.61 Å². The quantitative estimate of drug-likeness (QED) is 0.849. The van der Waals surface area contributed by atoms with E-state index in [9.17, 15) is 5.11 Å². The summed E-state index contributed by atoms with van der Waals surface area (Å²) >= 11 is 0. The summed E-state index contributed by atoms with van der Waals surface area (Å²) < 4.78 is 5.65. The van der Waals surface area contributed by atoms with Crippen molar-refractivity contribution in [3.63, 3.8) is 0 Å². The molecular weight excluding hydrogens is 212 g/mol. The molecule has 0 aromatic heterocycles. The largest absolute Gasteiger partial charge is 0.386 e. The minimum atomic E-state index is -0.548. The highest BCUT2D eigenvalue weighted by Gasteiger charge is 2.24. The molecule has 17 heavy (non-hydrogen) atoms. The molecule has 0 amide bonds. The van der Waals surface area contributed by atoms with Crippen molar-refractivity contribution in [1.82, 2.24) is 0 Å². The van der Waals surface area contributed by atoms with Crippen molar-refractivity contribution in [1.29, 1.82) is 0 Å². The van der Waals surface area contributed by atoms with Crippen LogP contribution in [0.4, 0.5) is 0 Å². The van der Waals surface area contributed by atoms with Crippen molar-refractivity contribution >= 4 is 0 Å². The van der Waals surface area contributed by atoms with Gasteiger partial charge < -0.3 is 9.84 Å². The number of benzene rings is 1. The van der Waals surface area contributed by atoms with E-state index >= 15 is 0 Å². The molecule has 0 saturated heterocycles. The number of aliphatic hydroxyl groups is 1. The van der Waals surface area contributed by atoms with Gasteiger partial charge in [0, 0.05) is 6.61 Å². The summed E-state index contributed by atoms with van der Waals surface area (Å²) in [5.41, 5.74) is 3.31. The number of hydrogen-bond donors (Lipinski definition) is 1. The molecule has 0 fully saturated rings. The lowest BCUT2D eigenvalue weighted by Crippen LogP contribution is -2.28. The van der Waals surface area contributed by atoms with Crippen LogP contribution in [0.1, 0.15) is 43.6 Å². The van der Waals surface area contributed by atoms with Crippen LogP contribution >= 0.6 is 0 Å². The van der Waals surface area contributed by atoms with Crippen LogP contribution in [-0.4, -0.2) is 17.8 Å². The maximum absolute atomic E-state index is 10.4. The molecule has 1 rings (SSSR count). The van der Waals surface area contributed by atoms with Crippen molar-refractivity contribution in [3.05, 3.63) is 34.9 Å². The van der Waals surface area contributed by atoms with Gasteiger partial charge in [0.1, 0.15) is 6.10 Å². The average molecular weight is 236 g/mol. The number of aryl methyl sites for hydroxylation is 2. The van der Waals surface area contributed by atoms with Crippen LogP contribution in [0.3, 0.4) is 0 Å². The Bertz CT molecular complexity index is 338. The van der Waals surface area contributed by atoms with Gasteiger partial charge in [0.25, 0.3) is 0 Å². The van der Waals surface area contributed by atoms with E-state index in [2.05, 4.69) is 19.9 Å². The van der Waals surface area contributed by atoms with Crippen LogP contribution in [-0.2, 0) is 4.74 Å². The van der Waals surface area contributed by atoms with E-state index in [1.165, 1.54) is 11.1 Å². The van der Waals surface area contributed by atoms with E-state index in [4.69, 9.17) is 4.74 Å². The van der Waals surface area contributed by atoms with Gasteiger partial charge in [-0.25, -0.2) is 0 Å². The lowest BCUT2D eigenvalue weighted by atomic mass is 9.94. The van der Waals surface area contributed by atoms with Gasteiger partial charge in [0.05, 0.1) is 6.10 Å². The molecular formula is C15H24O2. The van der Waals surface area contributed by atoms with Crippen molar-refractivity contribution in [3.8, 4) is 0 Å². The fourth-order valence-corrected chi connectivity index (χ4v) is 2.21. The summed E-state index contributed by atoms with van der Waals surface area (Å²) in [6.07, 6.45) is -0.685. The first-order valence-electron chi connectivity index (χ1n) is 6.33. The van der Waals surface area contributed by atoms with Gasteiger partial charge in [-0.1, -0.05) is 43.2 Å². The molecule has 2 atom stereocenters. The smallest absolute Gasteiger partial charge is 0.105 e. The van der Waals surface area contributed by atoms with Crippen molar-refractivity contribution in [2.24, 2.45) is 5.92 Å². The van der Waals surface area contributed by atoms with Crippen LogP contribution in [0, 0.1) is 19.8 Å². The fourth-order valence-electron chi connectivity index (χ4n) is 2.21. The third kappa shape index (κ3) is 3.83. The van der Waals surface area contributed by atoms with E-state index in [0.717, 1.165) is 5.56 Å². The summed E-state index contributed by atoms with van der Waals surface area (Å²) in [7, 11) is 0. The second-order valence-electron chi connectivity index (χ2n) is 5.03. The molecule has 2 unspecified atom stereocenters. The third-order valence-electron chi connectivity index (χ3n) is 2.91. The van der Waals surface area contributed by atoms with Gasteiger partial charge >= 0.3 is 0 Å². The summed E-state index contributed by atoms with van der Waals surface area (Å²) in [4.78, 5) is 0. The normalized spacial score (nSPS) is 15.0. The Kier molecular flexibility index (Phi) is 5.16. The van der Waals surface area contributed by atoms with E-state index in [-0.39, 0.29) is 6.10 Å². The molecule has 0 bridgehead atoms. The minimum absolute atomic E-state index is 0.138. The zero-order valence-corrected chi connectivity index (χ0v) is 11.5. The number of aliphatic hydroxyl groups excluding tert-OH is 1. The Balaban J connectivity index is 2.96. The van der Waals surface area contributed by atoms with Crippen LogP contribution in [0.2, 0.25) is 0 Å². The lowest BCUT2D eigenvalue weighted by Gasteiger charge is -2.27. The fraction of sp³-hybridized carbons (Fsp3) is 0.600. The highest BCUT2D eigenvalue weighted by molar-refractivity contribution is 5.30. The average Bonchev–Trinajstić information content (AvgIpc) is 2.23. The molecule has 0 aliphatic rings. The summed E-state index contributed by atoms with van der Waals surface area (Å²) in [6, 6.07) is 6.18. The Hall–Kier alpha value is -0.860. The summed E-state index contributed by atoms with van der Waals surface area (Å²) in [5.74, 6) is 0.297. The first-order chi connectivity index (χ1) is 7.95. The zero-order chi connectivity index (χ0) is 13.0. The third-order valence-corrected chi connectivity index (χ3v) is 2.91. The van der Waals surface area contributed by atoms with Crippen LogP contribution in [0.5, 0.6) is 0 Å². The van der Waals surface area contributed by atoms with Gasteiger partial charge in [0.2, 0.25) is 0 Å². The second kappa shape index (κ2) is 6.18. The molecule has 2 heteroatoms. The van der Waals surface area contributed by atoms with Gasteiger partial charge in [-0.3, -0.25) is 0 Å². The SMILES string of the molecule is CCOC(C(C)C)C(O)c1cc(C)cc(C)c1. The van der Waals surface area contributed by atoms with Crippen LogP contribution in [0.15, 0.2) is 18.2 Å². The predicted molar refractivity (Wildman–Crippen MR) is 71.1 cm³/mol. The van der Waals surface area contributed by atoms with Gasteiger partial charge in [-0.15, -0.1) is 0 Å². The lowest BCUT2D eigenvalue weighted by molar-refractivity contribution is -0.0585. The van der Waals surface area contributed by atoms with Crippen LogP contribution < -0.4 is 0 Å². The van der Waals surface area contributed by atoms with E-state index in [1.807, 2.05) is 32.9 Å². The minimum Gasteiger partial charge on any atom is -0.386 e. The first kappa shape index (κ1) is 14.2. The highest BCUT2D eigenvalue weighted by atomic mass is 16.5. The van der Waals surface area contributed by atoms with E-state index in [0.29, 0.717) is 12.5 Å². The molecule has 0 aliphatic carbocycles. The zero-order valence-electron chi connectivity index (χ0n) is 11.5. The molecule has 0 saturated carbocycles. The monoisotopic (exact) mass is 236 g/mol. The number of rotatable bonds is 5. The second-order valence-corrected chi connectivity index (χ2v) is 5.03. The summed E-state index contributed by atoms with van der Waals surface area (Å²) in [5, 5.41) is 10.4. The Labute approximate surface area is 105 Å². The first-order valence-corrected chi connectivity index (χ1v) is 6.33. The van der Waals surface area contributed by atoms with Crippen LogP contribution in [0.25, 0.3) is 0 Å². The van der Waals surface area contributed by atoms with Gasteiger partial charge in [0.15, 0.2) is 0 Å². The molecule has 96 valence electrons. The Morgan fingerprint density at radius 1 is 1.12 bits per heavy atom. The molecule has 0 aliphatic heterocycles. The maximum Gasteiger partial charge on any atom is 0.105 e. The van der Waals surface area contributed by atoms with E-state index in [1.54, 1.807) is 0 Å². The molecule has 0 spiro atoms. The topological polar surface area (TPSA) is 29.5 Å². The predicted octanol–water partition coefficient (Wildman–Crippen LogP) is 3.40. The maximum atomic E-state index is 10.4.